The van der Waals surface area contributed by atoms with Gasteiger partial charge < -0.3 is 14.5 Å². The van der Waals surface area contributed by atoms with Gasteiger partial charge in [0.1, 0.15) is 5.75 Å². The summed E-state index contributed by atoms with van der Waals surface area (Å²) < 4.78 is 5.59. The summed E-state index contributed by atoms with van der Waals surface area (Å²) in [5, 5.41) is 0. The van der Waals surface area contributed by atoms with Crippen molar-refractivity contribution in [2.24, 2.45) is 0 Å². The van der Waals surface area contributed by atoms with Gasteiger partial charge >= 0.3 is 0 Å². The maximum atomic E-state index is 12.7. The van der Waals surface area contributed by atoms with E-state index in [4.69, 9.17) is 4.74 Å². The number of amides is 1. The minimum absolute atomic E-state index is 0.148. The quantitative estimate of drug-likeness (QED) is 0.854. The smallest absolute Gasteiger partial charge is 0.254 e. The highest BCUT2D eigenvalue weighted by atomic mass is 16.5. The van der Waals surface area contributed by atoms with Gasteiger partial charge in [-0.15, -0.1) is 0 Å². The molecule has 1 aromatic carbocycles. The van der Waals surface area contributed by atoms with E-state index in [9.17, 15) is 4.79 Å². The molecule has 0 N–H and O–H groups in total. The molecule has 0 aliphatic carbocycles. The molecule has 1 saturated heterocycles. The number of aryl methyl sites for hydroxylation is 2. The average molecular weight is 290 g/mol. The van der Waals surface area contributed by atoms with Crippen molar-refractivity contribution in [3.05, 3.63) is 28.8 Å². The molecule has 0 radical (unpaired) electrons. The Balaban J connectivity index is 2.14. The van der Waals surface area contributed by atoms with Crippen LogP contribution in [-0.4, -0.2) is 55.0 Å². The Kier molecular flexibility index (Phi) is 5.23. The van der Waals surface area contributed by atoms with Crippen LogP contribution in [-0.2, 0) is 0 Å². The van der Waals surface area contributed by atoms with Crippen LogP contribution in [0, 0.1) is 13.8 Å². The monoisotopic (exact) mass is 290 g/mol. The summed E-state index contributed by atoms with van der Waals surface area (Å²) in [4.78, 5) is 17.0. The third-order valence-electron chi connectivity index (χ3n) is 4.16. The summed E-state index contributed by atoms with van der Waals surface area (Å²) in [6.45, 7) is 13.4. The van der Waals surface area contributed by atoms with Crippen LogP contribution < -0.4 is 4.74 Å². The van der Waals surface area contributed by atoms with Crippen LogP contribution in [0.5, 0.6) is 5.75 Å². The predicted octanol–water partition coefficient (Wildman–Crippen LogP) is 2.48. The second-order valence-electron chi connectivity index (χ2n) is 5.59. The second-order valence-corrected chi connectivity index (χ2v) is 5.59. The number of piperazine rings is 1. The van der Waals surface area contributed by atoms with Crippen LogP contribution in [0.1, 0.15) is 35.3 Å². The van der Waals surface area contributed by atoms with Crippen LogP contribution in [0.3, 0.4) is 0 Å². The lowest BCUT2D eigenvalue weighted by molar-refractivity contribution is 0.0642. The maximum absolute atomic E-state index is 12.7. The Morgan fingerprint density at radius 2 is 1.76 bits per heavy atom. The van der Waals surface area contributed by atoms with Gasteiger partial charge in [-0.1, -0.05) is 6.92 Å². The molecule has 1 aromatic rings. The Morgan fingerprint density at radius 3 is 2.33 bits per heavy atom. The lowest BCUT2D eigenvalue weighted by Gasteiger charge is -2.34. The van der Waals surface area contributed by atoms with Crippen molar-refractivity contribution in [1.82, 2.24) is 9.80 Å². The van der Waals surface area contributed by atoms with E-state index in [0.717, 1.165) is 55.2 Å². The minimum Gasteiger partial charge on any atom is -0.494 e. The largest absolute Gasteiger partial charge is 0.494 e. The molecule has 0 unspecified atom stereocenters. The molecule has 4 nitrogen and oxygen atoms in total. The second kappa shape index (κ2) is 6.94. The molecular formula is C17H26N2O2. The Hall–Kier alpha value is -1.55. The van der Waals surface area contributed by atoms with E-state index in [1.807, 2.05) is 37.8 Å². The van der Waals surface area contributed by atoms with Gasteiger partial charge in [0.05, 0.1) is 6.61 Å². The molecule has 0 saturated carbocycles. The molecule has 1 aliphatic heterocycles. The van der Waals surface area contributed by atoms with Crippen LogP contribution in [0.25, 0.3) is 0 Å². The van der Waals surface area contributed by atoms with Crippen molar-refractivity contribution in [2.45, 2.75) is 27.7 Å². The lowest BCUT2D eigenvalue weighted by Crippen LogP contribution is -2.48. The minimum atomic E-state index is 0.148. The van der Waals surface area contributed by atoms with Crippen LogP contribution in [0.15, 0.2) is 12.1 Å². The fourth-order valence-corrected chi connectivity index (χ4v) is 2.77. The first-order chi connectivity index (χ1) is 10.1. The highest BCUT2D eigenvalue weighted by Gasteiger charge is 2.23. The van der Waals surface area contributed by atoms with Crippen LogP contribution in [0.4, 0.5) is 0 Å². The SMILES string of the molecule is CCOc1cc(C)c(C(=O)N2CCN(CC)CC2)cc1C. The molecule has 1 aliphatic rings. The Morgan fingerprint density at radius 1 is 1.10 bits per heavy atom. The fraction of sp³-hybridized carbons (Fsp3) is 0.588. The van der Waals surface area contributed by atoms with Gasteiger partial charge in [-0.25, -0.2) is 0 Å². The maximum Gasteiger partial charge on any atom is 0.254 e. The highest BCUT2D eigenvalue weighted by molar-refractivity contribution is 5.96. The first-order valence-electron chi connectivity index (χ1n) is 7.82. The van der Waals surface area contributed by atoms with E-state index in [1.165, 1.54) is 0 Å². The fourth-order valence-electron chi connectivity index (χ4n) is 2.77. The molecule has 1 fully saturated rings. The average Bonchev–Trinajstić information content (AvgIpc) is 2.50. The lowest BCUT2D eigenvalue weighted by atomic mass is 10.0. The molecule has 1 amide bonds. The van der Waals surface area contributed by atoms with Crippen molar-refractivity contribution in [1.29, 1.82) is 0 Å². The number of carbonyl (C=O) groups is 1. The summed E-state index contributed by atoms with van der Waals surface area (Å²) >= 11 is 0. The molecule has 1 heterocycles. The zero-order valence-corrected chi connectivity index (χ0v) is 13.6. The number of benzene rings is 1. The molecule has 21 heavy (non-hydrogen) atoms. The number of likely N-dealkylation sites (N-methyl/N-ethyl adjacent to an activating group) is 1. The molecule has 0 spiro atoms. The van der Waals surface area contributed by atoms with Crippen molar-refractivity contribution in [2.75, 3.05) is 39.3 Å². The summed E-state index contributed by atoms with van der Waals surface area (Å²) in [5.74, 6) is 1.02. The summed E-state index contributed by atoms with van der Waals surface area (Å²) in [7, 11) is 0. The van der Waals surface area contributed by atoms with E-state index in [-0.39, 0.29) is 5.91 Å². The number of carbonyl (C=O) groups excluding carboxylic acids is 1. The van der Waals surface area contributed by atoms with Gasteiger partial charge in [0, 0.05) is 31.7 Å². The van der Waals surface area contributed by atoms with Crippen molar-refractivity contribution in [3.63, 3.8) is 0 Å². The van der Waals surface area contributed by atoms with Gasteiger partial charge in [-0.3, -0.25) is 4.79 Å². The predicted molar refractivity (Wildman–Crippen MR) is 85.1 cm³/mol. The number of rotatable bonds is 4. The molecule has 0 atom stereocenters. The van der Waals surface area contributed by atoms with E-state index in [0.29, 0.717) is 6.61 Å². The van der Waals surface area contributed by atoms with E-state index in [1.54, 1.807) is 0 Å². The summed E-state index contributed by atoms with van der Waals surface area (Å²) in [6, 6.07) is 3.95. The van der Waals surface area contributed by atoms with Crippen molar-refractivity contribution >= 4 is 5.91 Å². The van der Waals surface area contributed by atoms with E-state index >= 15 is 0 Å². The van der Waals surface area contributed by atoms with Crippen LogP contribution >= 0.6 is 0 Å². The zero-order valence-electron chi connectivity index (χ0n) is 13.6. The van der Waals surface area contributed by atoms with Crippen molar-refractivity contribution in [3.8, 4) is 5.75 Å². The van der Waals surface area contributed by atoms with Crippen LogP contribution in [0.2, 0.25) is 0 Å². The van der Waals surface area contributed by atoms with Gasteiger partial charge in [0.25, 0.3) is 5.91 Å². The molecule has 4 heteroatoms. The number of ether oxygens (including phenoxy) is 1. The number of hydrogen-bond donors (Lipinski definition) is 0. The summed E-state index contributed by atoms with van der Waals surface area (Å²) in [5.41, 5.74) is 2.82. The molecule has 0 aromatic heterocycles. The Labute approximate surface area is 127 Å². The van der Waals surface area contributed by atoms with Crippen molar-refractivity contribution < 1.29 is 9.53 Å². The van der Waals surface area contributed by atoms with Gasteiger partial charge in [0.2, 0.25) is 0 Å². The van der Waals surface area contributed by atoms with E-state index < -0.39 is 0 Å². The third-order valence-corrected chi connectivity index (χ3v) is 4.16. The molecule has 116 valence electrons. The number of hydrogen-bond acceptors (Lipinski definition) is 3. The molecule has 0 bridgehead atoms. The first kappa shape index (κ1) is 15.8. The molecular weight excluding hydrogens is 264 g/mol. The number of nitrogens with zero attached hydrogens (tertiary/aromatic N) is 2. The third kappa shape index (κ3) is 3.56. The zero-order chi connectivity index (χ0) is 15.4. The van der Waals surface area contributed by atoms with Gasteiger partial charge in [-0.05, 0) is 50.6 Å². The normalized spacial score (nSPS) is 16.1. The first-order valence-corrected chi connectivity index (χ1v) is 7.82. The Bertz CT molecular complexity index is 506. The topological polar surface area (TPSA) is 32.8 Å². The highest BCUT2D eigenvalue weighted by Crippen LogP contribution is 2.24. The summed E-state index contributed by atoms with van der Waals surface area (Å²) in [6.07, 6.45) is 0. The van der Waals surface area contributed by atoms with Gasteiger partial charge in [0.15, 0.2) is 0 Å². The standard InChI is InChI=1S/C17H26N2O2/c1-5-18-7-9-19(10-8-18)17(20)15-11-14(4)16(21-6-2)12-13(15)3/h11-12H,5-10H2,1-4H3. The van der Waals surface area contributed by atoms with E-state index in [2.05, 4.69) is 11.8 Å². The van der Waals surface area contributed by atoms with Gasteiger partial charge in [-0.2, -0.15) is 0 Å². The molecule has 2 rings (SSSR count).